The van der Waals surface area contributed by atoms with Crippen LogP contribution in [0.2, 0.25) is 0 Å². The van der Waals surface area contributed by atoms with Gasteiger partial charge in [-0.2, -0.15) is 0 Å². The first kappa shape index (κ1) is 25.2. The van der Waals surface area contributed by atoms with Crippen LogP contribution in [0.25, 0.3) is 0 Å². The Balaban J connectivity index is -0.000000256. The Hall–Kier alpha value is 1.25. The normalized spacial score (nSPS) is 14.6. The largest absolute Gasteiger partial charge is 2.00 e. The van der Waals surface area contributed by atoms with E-state index in [4.69, 9.17) is 0 Å². The first-order valence-corrected chi connectivity index (χ1v) is 8.08. The minimum atomic E-state index is -4.68. The third kappa shape index (κ3) is 15.5. The summed E-state index contributed by atoms with van der Waals surface area (Å²) in [4.78, 5) is 0. The molecule has 0 heterocycles. The summed E-state index contributed by atoms with van der Waals surface area (Å²) in [5.41, 5.74) is -4.44. The maximum atomic E-state index is 12.0. The zero-order chi connectivity index (χ0) is 15.0. The van der Waals surface area contributed by atoms with Crippen molar-refractivity contribution < 1.29 is 34.7 Å². The van der Waals surface area contributed by atoms with Crippen LogP contribution < -0.4 is 0 Å². The van der Waals surface area contributed by atoms with Crippen molar-refractivity contribution in [3.8, 4) is 0 Å². The van der Waals surface area contributed by atoms with Gasteiger partial charge in [-0.25, -0.2) is 25.6 Å². The van der Waals surface area contributed by atoms with Crippen LogP contribution in [0.15, 0.2) is 0 Å². The summed E-state index contributed by atoms with van der Waals surface area (Å²) in [5, 5.41) is 0. The minimum Gasteiger partial charge on any atom is -0.746 e. The second kappa shape index (κ2) is 11.9. The maximum Gasteiger partial charge on any atom is 2.00 e. The van der Waals surface area contributed by atoms with Gasteiger partial charge in [0.25, 0.3) is 0 Å². The Morgan fingerprint density at radius 3 is 1.11 bits per heavy atom. The van der Waals surface area contributed by atoms with E-state index >= 15 is 0 Å². The molecule has 0 saturated heterocycles. The molecule has 0 amide bonds. The second-order valence-electron chi connectivity index (χ2n) is 3.38. The van der Waals surface area contributed by atoms with Crippen LogP contribution >= 0.6 is 0 Å². The van der Waals surface area contributed by atoms with Crippen molar-refractivity contribution in [2.24, 2.45) is 0 Å². The summed E-state index contributed by atoms with van der Waals surface area (Å²) in [6.45, 7) is 3.22. The van der Waals surface area contributed by atoms with Crippen LogP contribution in [-0.4, -0.2) is 85.8 Å². The second-order valence-corrected chi connectivity index (χ2v) is 6.38. The fourth-order valence-electron chi connectivity index (χ4n) is 0.743. The molecule has 0 aromatic rings. The predicted molar refractivity (Wildman–Crippen MR) is 64.8 cm³/mol. The van der Waals surface area contributed by atoms with Gasteiger partial charge in [-0.05, 0) is 12.8 Å². The number of rotatable bonds is 6. The topological polar surface area (TPSA) is 114 Å². The van der Waals surface area contributed by atoms with Crippen LogP contribution in [0.3, 0.4) is 0 Å². The van der Waals surface area contributed by atoms with Gasteiger partial charge in [0.05, 0.1) is 0 Å². The zero-order valence-electron chi connectivity index (χ0n) is 10.7. The minimum absolute atomic E-state index is 0. The van der Waals surface area contributed by atoms with Crippen LogP contribution in [0.5, 0.6) is 0 Å². The summed E-state index contributed by atoms with van der Waals surface area (Å²) < 4.78 is 82.8. The SMILES string of the molecule is CCCC(F)S(=O)(=O)[O-].CCCC(F)S(=O)(=O)[O-].[Ba+2]. The summed E-state index contributed by atoms with van der Waals surface area (Å²) in [7, 11) is -9.36. The molecule has 0 aliphatic carbocycles. The molecule has 0 fully saturated rings. The molecule has 0 radical (unpaired) electrons. The predicted octanol–water partition coefficient (Wildman–Crippen LogP) is 0.874. The summed E-state index contributed by atoms with van der Waals surface area (Å²) >= 11 is 0. The summed E-state index contributed by atoms with van der Waals surface area (Å²) in [5.74, 6) is 0. The number of hydrogen-bond donors (Lipinski definition) is 0. The van der Waals surface area contributed by atoms with Crippen molar-refractivity contribution in [2.45, 2.75) is 50.5 Å². The third-order valence-electron chi connectivity index (χ3n) is 1.66. The standard InChI is InChI=1S/2C4H9FO3S.Ba/c2*1-2-3-4(5)9(6,7)8;/h2*4H,2-3H2,1H3,(H,6,7,8);/q;;+2/p-2. The first-order chi connectivity index (χ1) is 7.96. The van der Waals surface area contributed by atoms with Crippen LogP contribution in [-0.2, 0) is 20.2 Å². The van der Waals surface area contributed by atoms with Gasteiger partial charge in [0.2, 0.25) is 0 Å². The van der Waals surface area contributed by atoms with Crippen molar-refractivity contribution in [1.29, 1.82) is 0 Å². The van der Waals surface area contributed by atoms with E-state index in [0.717, 1.165) is 0 Å². The molecule has 0 aromatic heterocycles. The van der Waals surface area contributed by atoms with Crippen molar-refractivity contribution in [1.82, 2.24) is 0 Å². The molecule has 11 heteroatoms. The van der Waals surface area contributed by atoms with E-state index in [2.05, 4.69) is 0 Å². The van der Waals surface area contributed by atoms with E-state index in [1.165, 1.54) is 0 Å². The van der Waals surface area contributed by atoms with Crippen LogP contribution in [0.1, 0.15) is 39.5 Å². The Bertz CT molecular complexity index is 371. The van der Waals surface area contributed by atoms with Crippen molar-refractivity contribution in [3.63, 3.8) is 0 Å². The van der Waals surface area contributed by atoms with Gasteiger partial charge >= 0.3 is 48.9 Å². The van der Waals surface area contributed by atoms with Gasteiger partial charge < -0.3 is 9.11 Å². The quantitative estimate of drug-likeness (QED) is 0.441. The molecular formula is C8H16BaF2O6S2. The number of alkyl halides is 2. The van der Waals surface area contributed by atoms with Crippen molar-refractivity contribution >= 4 is 69.1 Å². The Labute approximate surface area is 152 Å². The smallest absolute Gasteiger partial charge is 0.746 e. The van der Waals surface area contributed by atoms with Crippen LogP contribution in [0, 0.1) is 0 Å². The summed E-state index contributed by atoms with van der Waals surface area (Å²) in [6, 6.07) is 0. The third-order valence-corrected chi connectivity index (χ3v) is 3.38. The van der Waals surface area contributed by atoms with E-state index in [-0.39, 0.29) is 61.7 Å². The van der Waals surface area contributed by atoms with Gasteiger partial charge in [-0.15, -0.1) is 0 Å². The first-order valence-electron chi connectivity index (χ1n) is 5.14. The average Bonchev–Trinajstić information content (AvgIpc) is 2.16. The van der Waals surface area contributed by atoms with E-state index < -0.39 is 31.2 Å². The molecule has 0 bridgehead atoms. The fraction of sp³-hybridized carbons (Fsp3) is 1.00. The monoisotopic (exact) mass is 448 g/mol. The molecule has 112 valence electrons. The van der Waals surface area contributed by atoms with E-state index in [1.54, 1.807) is 13.8 Å². The molecule has 6 nitrogen and oxygen atoms in total. The molecule has 19 heavy (non-hydrogen) atoms. The summed E-state index contributed by atoms with van der Waals surface area (Å²) in [6.07, 6.45) is 0.322. The molecule has 0 aromatic carbocycles. The molecule has 2 atom stereocenters. The molecule has 0 N–H and O–H groups in total. The van der Waals surface area contributed by atoms with Crippen molar-refractivity contribution in [3.05, 3.63) is 0 Å². The van der Waals surface area contributed by atoms with Gasteiger partial charge in [0.15, 0.2) is 11.0 Å². The van der Waals surface area contributed by atoms with Gasteiger partial charge in [0, 0.05) is 0 Å². The average molecular weight is 448 g/mol. The van der Waals surface area contributed by atoms with E-state index in [0.29, 0.717) is 12.8 Å². The van der Waals surface area contributed by atoms with Gasteiger partial charge in [-0.3, -0.25) is 0 Å². The van der Waals surface area contributed by atoms with E-state index in [1.807, 2.05) is 0 Å². The molecule has 0 aliphatic rings. The molecular weight excluding hydrogens is 432 g/mol. The van der Waals surface area contributed by atoms with Gasteiger partial charge in [-0.1, -0.05) is 26.7 Å². The number of hydrogen-bond acceptors (Lipinski definition) is 6. The maximum absolute atomic E-state index is 12.0. The molecule has 0 saturated carbocycles. The van der Waals surface area contributed by atoms with Crippen molar-refractivity contribution in [2.75, 3.05) is 0 Å². The zero-order valence-corrected chi connectivity index (χ0v) is 16.8. The molecule has 0 rings (SSSR count). The molecule has 2 unspecified atom stereocenters. The molecule has 0 aliphatic heterocycles. The number of halogens is 2. The Morgan fingerprint density at radius 1 is 0.842 bits per heavy atom. The fourth-order valence-corrected chi connectivity index (χ4v) is 1.79. The van der Waals surface area contributed by atoms with E-state index in [9.17, 15) is 34.7 Å². The van der Waals surface area contributed by atoms with Crippen LogP contribution in [0.4, 0.5) is 8.78 Å². The van der Waals surface area contributed by atoms with Gasteiger partial charge in [0.1, 0.15) is 20.2 Å². The molecule has 0 spiro atoms. The Kier molecular flexibility index (Phi) is 15.7. The Morgan fingerprint density at radius 2 is 1.05 bits per heavy atom.